The average Bonchev–Trinajstić information content (AvgIpc) is 2.65. The maximum atomic E-state index is 12.7. The Labute approximate surface area is 147 Å². The molecule has 0 aromatic heterocycles. The van der Waals surface area contributed by atoms with Gasteiger partial charge >= 0.3 is 6.03 Å². The van der Waals surface area contributed by atoms with Crippen LogP contribution in [-0.4, -0.2) is 35.8 Å². The van der Waals surface area contributed by atoms with Gasteiger partial charge in [-0.15, -0.1) is 0 Å². The number of benzene rings is 2. The van der Waals surface area contributed by atoms with Crippen molar-refractivity contribution in [2.45, 2.75) is 12.5 Å². The number of hydrogen-bond donors (Lipinski definition) is 2. The number of rotatable bonds is 5. The van der Waals surface area contributed by atoms with Crippen molar-refractivity contribution in [3.05, 3.63) is 72.3 Å². The maximum absolute atomic E-state index is 12.7. The predicted octanol–water partition coefficient (Wildman–Crippen LogP) is 3.38. The molecule has 0 saturated heterocycles. The molecule has 2 aromatic rings. The standard InChI is InChI=1S/C20H22N2O3/c1-2-12-25-17-8-5-7-16(13-17)21-20(24)22-11-10-15-6-3-4-9-18(15)19(22)14-23/h2-9,13,19,23H,1,10-12,14H2,(H,21,24). The Morgan fingerprint density at radius 2 is 2.16 bits per heavy atom. The van der Waals surface area contributed by atoms with Gasteiger partial charge in [-0.2, -0.15) is 0 Å². The van der Waals surface area contributed by atoms with Crippen molar-refractivity contribution in [1.29, 1.82) is 0 Å². The van der Waals surface area contributed by atoms with E-state index in [4.69, 9.17) is 4.74 Å². The van der Waals surface area contributed by atoms with Crippen LogP contribution < -0.4 is 10.1 Å². The van der Waals surface area contributed by atoms with E-state index in [9.17, 15) is 9.90 Å². The zero-order valence-corrected chi connectivity index (χ0v) is 14.0. The molecule has 1 unspecified atom stereocenters. The molecule has 0 fully saturated rings. The summed E-state index contributed by atoms with van der Waals surface area (Å²) < 4.78 is 5.49. The van der Waals surface area contributed by atoms with Gasteiger partial charge in [0.2, 0.25) is 0 Å². The first kappa shape index (κ1) is 17.0. The highest BCUT2D eigenvalue weighted by atomic mass is 16.5. The third-order valence-electron chi connectivity index (χ3n) is 4.30. The predicted molar refractivity (Wildman–Crippen MR) is 97.8 cm³/mol. The Hall–Kier alpha value is -2.79. The monoisotopic (exact) mass is 338 g/mol. The molecule has 0 aliphatic carbocycles. The minimum Gasteiger partial charge on any atom is -0.489 e. The summed E-state index contributed by atoms with van der Waals surface area (Å²) in [6, 6.07) is 14.6. The molecule has 0 radical (unpaired) electrons. The van der Waals surface area contributed by atoms with E-state index in [-0.39, 0.29) is 18.7 Å². The van der Waals surface area contributed by atoms with Crippen LogP contribution in [0.15, 0.2) is 61.2 Å². The van der Waals surface area contributed by atoms with Crippen molar-refractivity contribution >= 4 is 11.7 Å². The summed E-state index contributed by atoms with van der Waals surface area (Å²) in [7, 11) is 0. The summed E-state index contributed by atoms with van der Waals surface area (Å²) in [6.07, 6.45) is 2.45. The minimum absolute atomic E-state index is 0.104. The minimum atomic E-state index is -0.329. The lowest BCUT2D eigenvalue weighted by molar-refractivity contribution is 0.135. The van der Waals surface area contributed by atoms with E-state index >= 15 is 0 Å². The number of carbonyl (C=O) groups is 1. The molecule has 2 aromatic carbocycles. The average molecular weight is 338 g/mol. The van der Waals surface area contributed by atoms with Crippen LogP contribution in [0.25, 0.3) is 0 Å². The van der Waals surface area contributed by atoms with Crippen LogP contribution in [-0.2, 0) is 6.42 Å². The van der Waals surface area contributed by atoms with Crippen LogP contribution in [0.5, 0.6) is 5.75 Å². The second-order valence-electron chi connectivity index (χ2n) is 5.90. The van der Waals surface area contributed by atoms with Crippen molar-refractivity contribution in [3.63, 3.8) is 0 Å². The van der Waals surface area contributed by atoms with Gasteiger partial charge in [0.25, 0.3) is 0 Å². The molecule has 1 heterocycles. The Bertz CT molecular complexity index is 760. The number of carbonyl (C=O) groups excluding carboxylic acids is 1. The smallest absolute Gasteiger partial charge is 0.322 e. The Morgan fingerprint density at radius 3 is 2.96 bits per heavy atom. The van der Waals surface area contributed by atoms with Crippen LogP contribution in [0.3, 0.4) is 0 Å². The van der Waals surface area contributed by atoms with Gasteiger partial charge in [-0.25, -0.2) is 4.79 Å². The third kappa shape index (κ3) is 3.83. The van der Waals surface area contributed by atoms with E-state index in [1.165, 1.54) is 5.56 Å². The van der Waals surface area contributed by atoms with E-state index in [1.54, 1.807) is 17.0 Å². The van der Waals surface area contributed by atoms with Crippen LogP contribution in [0.2, 0.25) is 0 Å². The van der Waals surface area contributed by atoms with E-state index < -0.39 is 0 Å². The number of anilines is 1. The third-order valence-corrected chi connectivity index (χ3v) is 4.30. The fourth-order valence-corrected chi connectivity index (χ4v) is 3.11. The molecule has 1 aliphatic heterocycles. The zero-order chi connectivity index (χ0) is 17.6. The molecule has 2 amide bonds. The first-order chi connectivity index (χ1) is 12.2. The largest absolute Gasteiger partial charge is 0.489 e. The number of aliphatic hydroxyl groups excluding tert-OH is 1. The van der Waals surface area contributed by atoms with Gasteiger partial charge < -0.3 is 20.1 Å². The molecule has 2 N–H and O–H groups in total. The number of amides is 2. The highest BCUT2D eigenvalue weighted by molar-refractivity contribution is 5.90. The van der Waals surface area contributed by atoms with Crippen LogP contribution in [0, 0.1) is 0 Å². The highest BCUT2D eigenvalue weighted by Gasteiger charge is 2.30. The van der Waals surface area contributed by atoms with Crippen molar-refractivity contribution in [1.82, 2.24) is 4.90 Å². The molecule has 0 saturated carbocycles. The van der Waals surface area contributed by atoms with Gasteiger partial charge in [0, 0.05) is 18.3 Å². The number of nitrogens with one attached hydrogen (secondary N) is 1. The summed E-state index contributed by atoms with van der Waals surface area (Å²) in [6.45, 7) is 4.49. The molecule has 0 spiro atoms. The van der Waals surface area contributed by atoms with Crippen molar-refractivity contribution < 1.29 is 14.6 Å². The van der Waals surface area contributed by atoms with Gasteiger partial charge in [0.1, 0.15) is 12.4 Å². The molecule has 0 bridgehead atoms. The molecule has 130 valence electrons. The van der Waals surface area contributed by atoms with E-state index in [0.717, 1.165) is 12.0 Å². The molecule has 25 heavy (non-hydrogen) atoms. The maximum Gasteiger partial charge on any atom is 0.322 e. The number of fused-ring (bicyclic) bond motifs is 1. The molecular weight excluding hydrogens is 316 g/mol. The van der Waals surface area contributed by atoms with Gasteiger partial charge in [0.05, 0.1) is 12.6 Å². The van der Waals surface area contributed by atoms with Crippen molar-refractivity contribution in [3.8, 4) is 5.75 Å². The van der Waals surface area contributed by atoms with Crippen LogP contribution in [0.4, 0.5) is 10.5 Å². The van der Waals surface area contributed by atoms with E-state index in [1.807, 2.05) is 42.5 Å². The molecule has 5 heteroatoms. The first-order valence-corrected chi connectivity index (χ1v) is 8.33. The van der Waals surface area contributed by atoms with E-state index in [2.05, 4.69) is 11.9 Å². The summed E-state index contributed by atoms with van der Waals surface area (Å²) in [5, 5.41) is 12.7. The summed E-state index contributed by atoms with van der Waals surface area (Å²) in [5.41, 5.74) is 2.85. The normalized spacial score (nSPS) is 16.0. The van der Waals surface area contributed by atoms with Crippen LogP contribution >= 0.6 is 0 Å². The molecule has 5 nitrogen and oxygen atoms in total. The molecular formula is C20H22N2O3. The van der Waals surface area contributed by atoms with Gasteiger partial charge in [0.15, 0.2) is 0 Å². The lowest BCUT2D eigenvalue weighted by atomic mass is 9.93. The lowest BCUT2D eigenvalue weighted by Crippen LogP contribution is -2.43. The second kappa shape index (κ2) is 7.85. The van der Waals surface area contributed by atoms with Gasteiger partial charge in [-0.05, 0) is 29.7 Å². The number of nitrogens with zero attached hydrogens (tertiary/aromatic N) is 1. The first-order valence-electron chi connectivity index (χ1n) is 8.33. The number of urea groups is 1. The van der Waals surface area contributed by atoms with Crippen molar-refractivity contribution in [2.75, 3.05) is 25.1 Å². The number of aliphatic hydroxyl groups is 1. The Morgan fingerprint density at radius 1 is 1.32 bits per heavy atom. The SMILES string of the molecule is C=CCOc1cccc(NC(=O)N2CCc3ccccc3C2CO)c1. The fourth-order valence-electron chi connectivity index (χ4n) is 3.11. The second-order valence-corrected chi connectivity index (χ2v) is 5.90. The van der Waals surface area contributed by atoms with Crippen LogP contribution in [0.1, 0.15) is 17.2 Å². The summed E-state index contributed by atoms with van der Waals surface area (Å²) in [4.78, 5) is 14.4. The van der Waals surface area contributed by atoms with Gasteiger partial charge in [-0.3, -0.25) is 0 Å². The topological polar surface area (TPSA) is 61.8 Å². The summed E-state index contributed by atoms with van der Waals surface area (Å²) in [5.74, 6) is 0.667. The Kier molecular flexibility index (Phi) is 5.36. The van der Waals surface area contributed by atoms with E-state index in [0.29, 0.717) is 24.6 Å². The molecule has 1 aliphatic rings. The molecule has 1 atom stereocenters. The number of ether oxygens (including phenoxy) is 1. The number of hydrogen-bond acceptors (Lipinski definition) is 3. The zero-order valence-electron chi connectivity index (χ0n) is 14.0. The Balaban J connectivity index is 1.74. The van der Waals surface area contributed by atoms with Gasteiger partial charge in [-0.1, -0.05) is 43.0 Å². The quantitative estimate of drug-likeness (QED) is 0.822. The van der Waals surface area contributed by atoms with Crippen molar-refractivity contribution in [2.24, 2.45) is 0 Å². The molecule has 3 rings (SSSR count). The highest BCUT2D eigenvalue weighted by Crippen LogP contribution is 2.30. The fraction of sp³-hybridized carbons (Fsp3) is 0.250. The lowest BCUT2D eigenvalue weighted by Gasteiger charge is -2.36. The summed E-state index contributed by atoms with van der Waals surface area (Å²) >= 11 is 0.